The number of hydrogen-bond acceptors (Lipinski definition) is 3. The number of aryl methyl sites for hydroxylation is 1. The van der Waals surface area contributed by atoms with Crippen LogP contribution in [-0.4, -0.2) is 22.5 Å². The minimum absolute atomic E-state index is 0.0387. The molecular weight excluding hydrogens is 218 g/mol. The summed E-state index contributed by atoms with van der Waals surface area (Å²) >= 11 is 5.56. The number of aromatic nitrogens is 2. The van der Waals surface area contributed by atoms with Crippen molar-refractivity contribution in [2.45, 2.75) is 19.4 Å². The minimum Gasteiger partial charge on any atom is -0.359 e. The van der Waals surface area contributed by atoms with Gasteiger partial charge in [-0.15, -0.1) is 0 Å². The Morgan fingerprint density at radius 3 is 3.07 bits per heavy atom. The van der Waals surface area contributed by atoms with E-state index in [1.807, 2.05) is 0 Å². The number of carbonyl (C=O) groups is 1. The van der Waals surface area contributed by atoms with E-state index in [-0.39, 0.29) is 16.6 Å². The summed E-state index contributed by atoms with van der Waals surface area (Å²) in [6.07, 6.45) is 4.00. The highest BCUT2D eigenvalue weighted by atomic mass is 35.5. The van der Waals surface area contributed by atoms with E-state index in [2.05, 4.69) is 10.3 Å². The first-order chi connectivity index (χ1) is 7.15. The van der Waals surface area contributed by atoms with Crippen LogP contribution in [0.5, 0.6) is 0 Å². The second-order valence-electron chi connectivity index (χ2n) is 2.99. The Kier molecular flexibility index (Phi) is 4.30. The molecule has 0 saturated carbocycles. The number of hydrogen-bond donors (Lipinski definition) is 1. The van der Waals surface area contributed by atoms with Gasteiger partial charge in [-0.05, 0) is 6.42 Å². The van der Waals surface area contributed by atoms with Gasteiger partial charge in [0.15, 0.2) is 5.15 Å². The number of nitrogens with zero attached hydrogens (tertiary/aromatic N) is 2. The summed E-state index contributed by atoms with van der Waals surface area (Å²) in [6, 6.07) is 0. The lowest BCUT2D eigenvalue weighted by molar-refractivity contribution is -0.120. The van der Waals surface area contributed by atoms with Gasteiger partial charge in [-0.25, -0.2) is 4.98 Å². The van der Waals surface area contributed by atoms with Crippen molar-refractivity contribution >= 4 is 17.5 Å². The normalized spacial score (nSPS) is 10.0. The minimum atomic E-state index is -0.323. The molecule has 6 heteroatoms. The molecule has 15 heavy (non-hydrogen) atoms. The predicted molar refractivity (Wildman–Crippen MR) is 56.8 cm³/mol. The number of rotatable bonds is 4. The Morgan fingerprint density at radius 2 is 2.40 bits per heavy atom. The van der Waals surface area contributed by atoms with Crippen molar-refractivity contribution < 1.29 is 4.79 Å². The van der Waals surface area contributed by atoms with E-state index in [0.717, 1.165) is 0 Å². The standard InChI is InChI=1S/C9H12ClN3O2/c1-11-7(14)3-2-5-13-6-4-12-8(10)9(13)15/h4,6H,2-3,5H2,1H3,(H,11,14). The van der Waals surface area contributed by atoms with E-state index in [0.29, 0.717) is 19.4 Å². The zero-order valence-corrected chi connectivity index (χ0v) is 9.12. The van der Waals surface area contributed by atoms with Gasteiger partial charge in [-0.1, -0.05) is 11.6 Å². The monoisotopic (exact) mass is 229 g/mol. The molecule has 0 atom stereocenters. The van der Waals surface area contributed by atoms with Gasteiger partial charge in [0.25, 0.3) is 5.56 Å². The highest BCUT2D eigenvalue weighted by Gasteiger charge is 2.02. The van der Waals surface area contributed by atoms with Crippen molar-refractivity contribution in [3.05, 3.63) is 27.9 Å². The Balaban J connectivity index is 2.55. The summed E-state index contributed by atoms with van der Waals surface area (Å²) < 4.78 is 1.44. The smallest absolute Gasteiger partial charge is 0.288 e. The molecule has 1 amide bonds. The molecule has 0 aliphatic carbocycles. The van der Waals surface area contributed by atoms with Gasteiger partial charge < -0.3 is 9.88 Å². The first kappa shape index (κ1) is 11.7. The number of nitrogens with one attached hydrogen (secondary N) is 1. The Morgan fingerprint density at radius 1 is 1.67 bits per heavy atom. The fourth-order valence-corrected chi connectivity index (χ4v) is 1.30. The van der Waals surface area contributed by atoms with Gasteiger partial charge in [0.2, 0.25) is 5.91 Å². The molecule has 1 N–H and O–H groups in total. The molecule has 0 bridgehead atoms. The maximum absolute atomic E-state index is 11.4. The van der Waals surface area contributed by atoms with Crippen molar-refractivity contribution in [1.29, 1.82) is 0 Å². The maximum Gasteiger partial charge on any atom is 0.288 e. The van der Waals surface area contributed by atoms with Crippen molar-refractivity contribution in [1.82, 2.24) is 14.9 Å². The first-order valence-corrected chi connectivity index (χ1v) is 4.94. The Bertz CT molecular complexity index is 403. The van der Waals surface area contributed by atoms with Gasteiger partial charge in [-0.2, -0.15) is 0 Å². The van der Waals surface area contributed by atoms with Crippen molar-refractivity contribution in [3.63, 3.8) is 0 Å². The van der Waals surface area contributed by atoms with Gasteiger partial charge in [0, 0.05) is 32.4 Å². The van der Waals surface area contributed by atoms with Crippen LogP contribution in [0, 0.1) is 0 Å². The van der Waals surface area contributed by atoms with E-state index in [4.69, 9.17) is 11.6 Å². The molecule has 1 aromatic rings. The SMILES string of the molecule is CNC(=O)CCCn1ccnc(Cl)c1=O. The summed E-state index contributed by atoms with van der Waals surface area (Å²) in [5.74, 6) is -0.0387. The van der Waals surface area contributed by atoms with Gasteiger partial charge in [0.05, 0.1) is 0 Å². The van der Waals surface area contributed by atoms with Gasteiger partial charge >= 0.3 is 0 Å². The van der Waals surface area contributed by atoms with Gasteiger partial charge in [-0.3, -0.25) is 9.59 Å². The van der Waals surface area contributed by atoms with E-state index in [1.165, 1.54) is 10.8 Å². The third-order valence-corrected chi connectivity index (χ3v) is 2.21. The third kappa shape index (κ3) is 3.36. The zero-order valence-electron chi connectivity index (χ0n) is 8.36. The summed E-state index contributed by atoms with van der Waals surface area (Å²) in [4.78, 5) is 26.0. The Labute approximate surface area is 92.1 Å². The molecule has 0 radical (unpaired) electrons. The molecule has 0 aromatic carbocycles. The molecule has 5 nitrogen and oxygen atoms in total. The van der Waals surface area contributed by atoms with Crippen LogP contribution in [0.3, 0.4) is 0 Å². The van der Waals surface area contributed by atoms with Crippen LogP contribution in [0.25, 0.3) is 0 Å². The topological polar surface area (TPSA) is 64.0 Å². The largest absolute Gasteiger partial charge is 0.359 e. The quantitative estimate of drug-likeness (QED) is 0.814. The molecule has 1 rings (SSSR count). The van der Waals surface area contributed by atoms with Crippen molar-refractivity contribution in [2.75, 3.05) is 7.05 Å². The number of carbonyl (C=O) groups excluding carboxylic acids is 1. The lowest BCUT2D eigenvalue weighted by Crippen LogP contribution is -2.22. The third-order valence-electron chi connectivity index (χ3n) is 1.95. The highest BCUT2D eigenvalue weighted by molar-refractivity contribution is 6.29. The molecule has 0 fully saturated rings. The van der Waals surface area contributed by atoms with E-state index >= 15 is 0 Å². The van der Waals surface area contributed by atoms with Gasteiger partial charge in [0.1, 0.15) is 0 Å². The maximum atomic E-state index is 11.4. The van der Waals surface area contributed by atoms with E-state index < -0.39 is 0 Å². The van der Waals surface area contributed by atoms with Crippen LogP contribution >= 0.6 is 11.6 Å². The summed E-state index contributed by atoms with van der Waals surface area (Å²) in [5, 5.41) is 2.47. The van der Waals surface area contributed by atoms with E-state index in [9.17, 15) is 9.59 Å². The Hall–Kier alpha value is -1.36. The molecule has 1 aromatic heterocycles. The molecule has 82 valence electrons. The van der Waals surface area contributed by atoms with Crippen LogP contribution in [0.1, 0.15) is 12.8 Å². The van der Waals surface area contributed by atoms with E-state index in [1.54, 1.807) is 13.2 Å². The molecule has 0 saturated heterocycles. The lowest BCUT2D eigenvalue weighted by Gasteiger charge is -2.04. The first-order valence-electron chi connectivity index (χ1n) is 4.56. The molecule has 0 unspecified atom stereocenters. The molecular formula is C9H12ClN3O2. The molecule has 0 spiro atoms. The fraction of sp³-hybridized carbons (Fsp3) is 0.444. The molecule has 0 aliphatic rings. The second-order valence-corrected chi connectivity index (χ2v) is 3.35. The number of amides is 1. The zero-order chi connectivity index (χ0) is 11.3. The van der Waals surface area contributed by atoms with Crippen LogP contribution in [0.15, 0.2) is 17.2 Å². The second kappa shape index (κ2) is 5.50. The predicted octanol–water partition coefficient (Wildman–Crippen LogP) is 0.423. The lowest BCUT2D eigenvalue weighted by atomic mass is 10.3. The van der Waals surface area contributed by atoms with Crippen LogP contribution in [0.4, 0.5) is 0 Å². The number of halogens is 1. The van der Waals surface area contributed by atoms with Crippen molar-refractivity contribution in [3.8, 4) is 0 Å². The summed E-state index contributed by atoms with van der Waals surface area (Å²) in [5.41, 5.74) is -0.323. The van der Waals surface area contributed by atoms with Crippen LogP contribution < -0.4 is 10.9 Å². The van der Waals surface area contributed by atoms with Crippen LogP contribution in [0.2, 0.25) is 5.15 Å². The average molecular weight is 230 g/mol. The summed E-state index contributed by atoms with van der Waals surface area (Å²) in [6.45, 7) is 0.467. The average Bonchev–Trinajstić information content (AvgIpc) is 2.24. The molecule has 1 heterocycles. The molecule has 0 aliphatic heterocycles. The van der Waals surface area contributed by atoms with Crippen LogP contribution in [-0.2, 0) is 11.3 Å². The highest BCUT2D eigenvalue weighted by Crippen LogP contribution is 1.96. The van der Waals surface area contributed by atoms with Crippen molar-refractivity contribution in [2.24, 2.45) is 0 Å². The summed E-state index contributed by atoms with van der Waals surface area (Å²) in [7, 11) is 1.58. The fourth-order valence-electron chi connectivity index (χ4n) is 1.13.